The number of carbonyl (C=O) groups excluding carboxylic acids is 1. The predicted molar refractivity (Wildman–Crippen MR) is 136 cm³/mol. The average Bonchev–Trinajstić information content (AvgIpc) is 3.33. The highest BCUT2D eigenvalue weighted by Gasteiger charge is 2.26. The van der Waals surface area contributed by atoms with Crippen LogP contribution in [0.3, 0.4) is 0 Å². The van der Waals surface area contributed by atoms with Crippen molar-refractivity contribution in [2.24, 2.45) is 0 Å². The number of fused-ring (bicyclic) bond motifs is 1. The number of H-pyrrole nitrogens is 1. The molecule has 8 nitrogen and oxygen atoms in total. The van der Waals surface area contributed by atoms with E-state index in [1.165, 1.54) is 18.5 Å². The van der Waals surface area contributed by atoms with E-state index in [9.17, 15) is 9.18 Å². The third kappa shape index (κ3) is 5.01. The molecule has 4 aromatic rings. The molecule has 2 N–H and O–H groups in total. The minimum Gasteiger partial charge on any atom is -0.486 e. The maximum absolute atomic E-state index is 13.3. The molecule has 0 aliphatic carbocycles. The van der Waals surface area contributed by atoms with E-state index in [1.807, 2.05) is 17.2 Å². The first-order valence-corrected chi connectivity index (χ1v) is 11.9. The fourth-order valence-corrected chi connectivity index (χ4v) is 4.69. The van der Waals surface area contributed by atoms with Crippen molar-refractivity contribution in [2.45, 2.75) is 25.4 Å². The van der Waals surface area contributed by atoms with Crippen molar-refractivity contribution >= 4 is 40.0 Å². The number of ether oxygens (including phenoxy) is 1. The molecule has 5 rings (SSSR count). The molecule has 0 unspecified atom stereocenters. The van der Waals surface area contributed by atoms with E-state index in [4.69, 9.17) is 16.3 Å². The molecule has 0 spiro atoms. The number of pyridine rings is 1. The smallest absolute Gasteiger partial charge is 0.245 e. The molecule has 1 aliphatic heterocycles. The Hall–Kier alpha value is -3.98. The molecule has 10 heteroatoms. The number of likely N-dealkylation sites (tertiary alicyclic amines) is 1. The van der Waals surface area contributed by atoms with Crippen LogP contribution in [0.25, 0.3) is 11.0 Å². The van der Waals surface area contributed by atoms with Crippen molar-refractivity contribution in [3.05, 3.63) is 83.8 Å². The number of aromatic amines is 1. The summed E-state index contributed by atoms with van der Waals surface area (Å²) < 4.78 is 19.0. The van der Waals surface area contributed by atoms with Gasteiger partial charge < -0.3 is 19.9 Å². The van der Waals surface area contributed by atoms with Crippen LogP contribution in [0.2, 0.25) is 5.02 Å². The van der Waals surface area contributed by atoms with Crippen molar-refractivity contribution in [2.75, 3.05) is 18.4 Å². The lowest BCUT2D eigenvalue weighted by Gasteiger charge is -2.31. The number of hydrogen-bond acceptors (Lipinski definition) is 6. The molecule has 1 aliphatic rings. The lowest BCUT2D eigenvalue weighted by molar-refractivity contribution is -0.127. The number of anilines is 2. The highest BCUT2D eigenvalue weighted by atomic mass is 35.5. The minimum absolute atomic E-state index is 0.0328. The van der Waals surface area contributed by atoms with Crippen molar-refractivity contribution in [3.63, 3.8) is 0 Å². The molecule has 1 amide bonds. The van der Waals surface area contributed by atoms with Crippen LogP contribution < -0.4 is 10.1 Å². The van der Waals surface area contributed by atoms with Gasteiger partial charge in [-0.15, -0.1) is 0 Å². The van der Waals surface area contributed by atoms with Gasteiger partial charge in [-0.05, 0) is 60.7 Å². The number of rotatable bonds is 7. The van der Waals surface area contributed by atoms with Crippen LogP contribution in [0.1, 0.15) is 30.0 Å². The Bertz CT molecular complexity index is 1420. The monoisotopic (exact) mass is 506 g/mol. The van der Waals surface area contributed by atoms with Crippen LogP contribution in [-0.4, -0.2) is 43.8 Å². The molecule has 184 valence electrons. The molecule has 36 heavy (non-hydrogen) atoms. The van der Waals surface area contributed by atoms with Gasteiger partial charge in [0, 0.05) is 25.0 Å². The van der Waals surface area contributed by atoms with Gasteiger partial charge in [0.05, 0.1) is 16.1 Å². The molecule has 3 aromatic heterocycles. The number of carbonyl (C=O) groups is 1. The van der Waals surface area contributed by atoms with Crippen LogP contribution in [0.4, 0.5) is 15.9 Å². The topological polar surface area (TPSA) is 96.0 Å². The van der Waals surface area contributed by atoms with Gasteiger partial charge in [0.1, 0.15) is 30.1 Å². The van der Waals surface area contributed by atoms with Crippen molar-refractivity contribution in [1.29, 1.82) is 0 Å². The zero-order valence-electron chi connectivity index (χ0n) is 19.4. The summed E-state index contributed by atoms with van der Waals surface area (Å²) in [6, 6.07) is 9.87. The highest BCUT2D eigenvalue weighted by Crippen LogP contribution is 2.37. The molecule has 1 aromatic carbocycles. The van der Waals surface area contributed by atoms with Gasteiger partial charge in [-0.2, -0.15) is 4.39 Å². The summed E-state index contributed by atoms with van der Waals surface area (Å²) >= 11 is 6.46. The van der Waals surface area contributed by atoms with Gasteiger partial charge in [-0.1, -0.05) is 24.2 Å². The highest BCUT2D eigenvalue weighted by molar-refractivity contribution is 6.32. The average molecular weight is 507 g/mol. The number of benzene rings is 1. The zero-order chi connectivity index (χ0) is 25.1. The number of nitrogens with zero attached hydrogens (tertiary/aromatic N) is 4. The third-order valence-electron chi connectivity index (χ3n) is 6.26. The predicted octanol–water partition coefficient (Wildman–Crippen LogP) is 5.36. The Kier molecular flexibility index (Phi) is 6.81. The van der Waals surface area contributed by atoms with Gasteiger partial charge in [-0.25, -0.2) is 15.0 Å². The second-order valence-corrected chi connectivity index (χ2v) is 8.91. The van der Waals surface area contributed by atoms with Crippen LogP contribution in [0, 0.1) is 5.95 Å². The van der Waals surface area contributed by atoms with Crippen LogP contribution in [0.5, 0.6) is 5.75 Å². The van der Waals surface area contributed by atoms with Gasteiger partial charge >= 0.3 is 0 Å². The lowest BCUT2D eigenvalue weighted by atomic mass is 9.89. The van der Waals surface area contributed by atoms with Crippen LogP contribution in [-0.2, 0) is 11.4 Å². The van der Waals surface area contributed by atoms with E-state index in [1.54, 1.807) is 24.3 Å². The summed E-state index contributed by atoms with van der Waals surface area (Å²) in [4.78, 5) is 29.7. The van der Waals surface area contributed by atoms with E-state index in [-0.39, 0.29) is 18.4 Å². The van der Waals surface area contributed by atoms with E-state index in [0.29, 0.717) is 35.4 Å². The molecular formula is C26H24ClFN6O2. The van der Waals surface area contributed by atoms with E-state index < -0.39 is 5.95 Å². The summed E-state index contributed by atoms with van der Waals surface area (Å²) in [5.74, 6) is 0.807. The van der Waals surface area contributed by atoms with Gasteiger partial charge in [0.15, 0.2) is 0 Å². The molecule has 0 radical (unpaired) electrons. The zero-order valence-corrected chi connectivity index (χ0v) is 20.1. The Morgan fingerprint density at radius 2 is 2.11 bits per heavy atom. The first-order chi connectivity index (χ1) is 17.5. The molecule has 0 saturated carbocycles. The Morgan fingerprint density at radius 3 is 2.86 bits per heavy atom. The molecule has 1 fully saturated rings. The molecule has 4 heterocycles. The molecule has 1 saturated heterocycles. The molecule has 0 atom stereocenters. The Balaban J connectivity index is 1.33. The fourth-order valence-electron chi connectivity index (χ4n) is 4.46. The van der Waals surface area contributed by atoms with Gasteiger partial charge in [0.25, 0.3) is 0 Å². The maximum atomic E-state index is 13.3. The maximum Gasteiger partial charge on any atom is 0.245 e. The van der Waals surface area contributed by atoms with Gasteiger partial charge in [-0.3, -0.25) is 4.79 Å². The van der Waals surface area contributed by atoms with Crippen molar-refractivity contribution in [3.8, 4) is 5.75 Å². The number of hydrogen-bond donors (Lipinski definition) is 2. The minimum atomic E-state index is -0.558. The van der Waals surface area contributed by atoms with Crippen LogP contribution in [0.15, 0.2) is 61.6 Å². The Morgan fingerprint density at radius 1 is 1.28 bits per heavy atom. The fraction of sp³-hybridized carbons (Fsp3) is 0.231. The first kappa shape index (κ1) is 23.7. The normalized spacial score (nSPS) is 14.1. The largest absolute Gasteiger partial charge is 0.486 e. The number of piperidine rings is 1. The van der Waals surface area contributed by atoms with E-state index in [2.05, 4.69) is 31.8 Å². The molecular weight excluding hydrogens is 483 g/mol. The number of aromatic nitrogens is 4. The second kappa shape index (κ2) is 10.3. The van der Waals surface area contributed by atoms with E-state index in [0.717, 1.165) is 35.1 Å². The SMILES string of the molecule is C=CC(=O)N1CCC(c2c[nH]c3ncnc(Nc4ccc(OCc5cccc(F)n5)c(Cl)c4)c23)CC1. The summed E-state index contributed by atoms with van der Waals surface area (Å²) in [5.41, 5.74) is 3.05. The first-order valence-electron chi connectivity index (χ1n) is 11.6. The number of nitrogens with one attached hydrogen (secondary N) is 2. The Labute approximate surface area is 212 Å². The van der Waals surface area contributed by atoms with Gasteiger partial charge in [0.2, 0.25) is 11.9 Å². The standard InChI is InChI=1S/C26H24ClFN6O2/c1-2-23(35)34-10-8-16(9-11-34)19-13-29-25-24(19)26(31-15-30-25)33-17-6-7-21(20(27)12-17)36-14-18-4-3-5-22(28)32-18/h2-7,12-13,15-16H,1,8-11,14H2,(H2,29,30,31,33). The quantitative estimate of drug-likeness (QED) is 0.259. The summed E-state index contributed by atoms with van der Waals surface area (Å²) in [5, 5.41) is 4.66. The number of halogens is 2. The molecule has 0 bridgehead atoms. The lowest BCUT2D eigenvalue weighted by Crippen LogP contribution is -2.36. The number of amides is 1. The summed E-state index contributed by atoms with van der Waals surface area (Å²) in [6.07, 6.45) is 6.53. The van der Waals surface area contributed by atoms with E-state index >= 15 is 0 Å². The van der Waals surface area contributed by atoms with Crippen LogP contribution >= 0.6 is 11.6 Å². The third-order valence-corrected chi connectivity index (χ3v) is 6.56. The second-order valence-electron chi connectivity index (χ2n) is 8.50. The summed E-state index contributed by atoms with van der Waals surface area (Å²) in [7, 11) is 0. The van der Waals surface area contributed by atoms with Crippen molar-refractivity contribution in [1.82, 2.24) is 24.8 Å². The van der Waals surface area contributed by atoms with Crippen molar-refractivity contribution < 1.29 is 13.9 Å². The summed E-state index contributed by atoms with van der Waals surface area (Å²) in [6.45, 7) is 5.04.